The summed E-state index contributed by atoms with van der Waals surface area (Å²) in [6, 6.07) is 5.85. The van der Waals surface area contributed by atoms with Crippen LogP contribution in [-0.2, 0) is 6.54 Å². The number of fused-ring (bicyclic) bond motifs is 3. The minimum Gasteiger partial charge on any atom is -0.325 e. The van der Waals surface area contributed by atoms with Gasteiger partial charge in [0.25, 0.3) is 0 Å². The molecule has 3 nitrogen and oxygen atoms in total. The standard InChI is InChI=1S/C10H8ClN3S.ClH/c11-6-1-2-8-9(3-6)15-10-13-7(4-12)5-14(8)10;/h1-3,5H,4,12H2;1H. The number of nitrogens with two attached hydrogens (primary N) is 1. The average molecular weight is 274 g/mol. The van der Waals surface area contributed by atoms with Crippen LogP contribution in [0.2, 0.25) is 5.02 Å². The summed E-state index contributed by atoms with van der Waals surface area (Å²) >= 11 is 7.55. The minimum atomic E-state index is 0. The first-order chi connectivity index (χ1) is 7.28. The molecular formula is C10H9Cl2N3S. The summed E-state index contributed by atoms with van der Waals surface area (Å²) in [7, 11) is 0. The highest BCUT2D eigenvalue weighted by Gasteiger charge is 2.07. The molecule has 0 atom stereocenters. The molecule has 0 spiro atoms. The van der Waals surface area contributed by atoms with Crippen molar-refractivity contribution in [3.05, 3.63) is 35.1 Å². The third-order valence-corrected chi connectivity index (χ3v) is 3.57. The molecule has 0 amide bonds. The van der Waals surface area contributed by atoms with Crippen molar-refractivity contribution < 1.29 is 0 Å². The molecule has 3 aromatic rings. The van der Waals surface area contributed by atoms with Crippen molar-refractivity contribution in [1.82, 2.24) is 9.38 Å². The van der Waals surface area contributed by atoms with E-state index in [-0.39, 0.29) is 12.4 Å². The maximum atomic E-state index is 5.93. The van der Waals surface area contributed by atoms with E-state index in [0.717, 1.165) is 25.9 Å². The number of halogens is 2. The van der Waals surface area contributed by atoms with E-state index in [2.05, 4.69) is 9.38 Å². The molecule has 0 radical (unpaired) electrons. The number of rotatable bonds is 1. The van der Waals surface area contributed by atoms with E-state index in [9.17, 15) is 0 Å². The van der Waals surface area contributed by atoms with Crippen molar-refractivity contribution in [2.24, 2.45) is 5.73 Å². The zero-order chi connectivity index (χ0) is 10.4. The Morgan fingerprint density at radius 3 is 3.00 bits per heavy atom. The average Bonchev–Trinajstić information content (AvgIpc) is 2.73. The minimum absolute atomic E-state index is 0. The number of benzene rings is 1. The van der Waals surface area contributed by atoms with Crippen molar-refractivity contribution in [3.8, 4) is 0 Å². The van der Waals surface area contributed by atoms with Gasteiger partial charge in [-0.25, -0.2) is 4.98 Å². The zero-order valence-electron chi connectivity index (χ0n) is 8.18. The van der Waals surface area contributed by atoms with Gasteiger partial charge in [-0.2, -0.15) is 0 Å². The third kappa shape index (κ3) is 1.68. The number of aromatic nitrogens is 2. The van der Waals surface area contributed by atoms with E-state index in [0.29, 0.717) is 6.54 Å². The monoisotopic (exact) mass is 273 g/mol. The molecule has 3 rings (SSSR count). The number of hydrogen-bond donors (Lipinski definition) is 1. The van der Waals surface area contributed by atoms with Gasteiger partial charge in [0.05, 0.1) is 15.9 Å². The smallest absolute Gasteiger partial charge is 0.194 e. The van der Waals surface area contributed by atoms with Crippen molar-refractivity contribution in [1.29, 1.82) is 0 Å². The van der Waals surface area contributed by atoms with Crippen LogP contribution in [0.25, 0.3) is 15.2 Å². The van der Waals surface area contributed by atoms with E-state index >= 15 is 0 Å². The van der Waals surface area contributed by atoms with Gasteiger partial charge in [0.15, 0.2) is 4.96 Å². The summed E-state index contributed by atoms with van der Waals surface area (Å²) in [5, 5.41) is 0.756. The van der Waals surface area contributed by atoms with E-state index in [1.54, 1.807) is 11.3 Å². The SMILES string of the molecule is Cl.NCc1cn2c(n1)sc1cc(Cl)ccc12. The van der Waals surface area contributed by atoms with Crippen molar-refractivity contribution in [2.45, 2.75) is 6.54 Å². The highest BCUT2D eigenvalue weighted by Crippen LogP contribution is 2.28. The molecule has 2 N–H and O–H groups in total. The van der Waals surface area contributed by atoms with Crippen LogP contribution in [-0.4, -0.2) is 9.38 Å². The zero-order valence-corrected chi connectivity index (χ0v) is 10.6. The molecular weight excluding hydrogens is 265 g/mol. The van der Waals surface area contributed by atoms with Crippen LogP contribution in [0.1, 0.15) is 5.69 Å². The van der Waals surface area contributed by atoms with E-state index < -0.39 is 0 Å². The van der Waals surface area contributed by atoms with Gasteiger partial charge in [-0.05, 0) is 18.2 Å². The van der Waals surface area contributed by atoms with Crippen LogP contribution in [0, 0.1) is 0 Å². The van der Waals surface area contributed by atoms with Gasteiger partial charge in [-0.1, -0.05) is 22.9 Å². The summed E-state index contributed by atoms with van der Waals surface area (Å²) in [6.45, 7) is 0.476. The first kappa shape index (κ1) is 11.7. The van der Waals surface area contributed by atoms with Crippen molar-refractivity contribution >= 4 is 50.5 Å². The molecule has 2 aromatic heterocycles. The molecule has 0 aliphatic rings. The Balaban J connectivity index is 0.000000963. The molecule has 0 fully saturated rings. The van der Waals surface area contributed by atoms with Gasteiger partial charge in [0, 0.05) is 17.8 Å². The molecule has 6 heteroatoms. The fourth-order valence-electron chi connectivity index (χ4n) is 1.62. The number of thiazole rings is 1. The van der Waals surface area contributed by atoms with Gasteiger partial charge in [-0.3, -0.25) is 4.40 Å². The molecule has 16 heavy (non-hydrogen) atoms. The van der Waals surface area contributed by atoms with Crippen molar-refractivity contribution in [2.75, 3.05) is 0 Å². The molecule has 2 heterocycles. The summed E-state index contributed by atoms with van der Waals surface area (Å²) in [6.07, 6.45) is 1.97. The summed E-state index contributed by atoms with van der Waals surface area (Å²) in [5.74, 6) is 0. The van der Waals surface area contributed by atoms with Crippen LogP contribution in [0.5, 0.6) is 0 Å². The van der Waals surface area contributed by atoms with Gasteiger partial charge in [0.2, 0.25) is 0 Å². The molecule has 0 saturated carbocycles. The summed E-state index contributed by atoms with van der Waals surface area (Å²) in [5.41, 5.74) is 7.59. The fraction of sp³-hybridized carbons (Fsp3) is 0.100. The highest BCUT2D eigenvalue weighted by molar-refractivity contribution is 7.23. The lowest BCUT2D eigenvalue weighted by molar-refractivity contribution is 1.02. The Bertz CT molecular complexity index is 644. The Hall–Kier alpha value is -0.810. The van der Waals surface area contributed by atoms with Crippen molar-refractivity contribution in [3.63, 3.8) is 0 Å². The van der Waals surface area contributed by atoms with Gasteiger partial charge in [0.1, 0.15) is 0 Å². The van der Waals surface area contributed by atoms with E-state index in [1.807, 2.05) is 24.4 Å². The molecule has 0 saturated heterocycles. The Labute approximate surface area is 107 Å². The molecule has 0 bridgehead atoms. The van der Waals surface area contributed by atoms with E-state index in [1.165, 1.54) is 0 Å². The Kier molecular flexibility index (Phi) is 3.08. The van der Waals surface area contributed by atoms with Crippen LogP contribution >= 0.6 is 35.3 Å². The summed E-state index contributed by atoms with van der Waals surface area (Å²) < 4.78 is 3.20. The number of nitrogens with zero attached hydrogens (tertiary/aromatic N) is 2. The molecule has 0 aliphatic heterocycles. The van der Waals surface area contributed by atoms with Gasteiger partial charge in [-0.15, -0.1) is 12.4 Å². The second-order valence-corrected chi connectivity index (χ2v) is 4.75. The number of hydrogen-bond acceptors (Lipinski definition) is 3. The summed E-state index contributed by atoms with van der Waals surface area (Å²) in [4.78, 5) is 5.38. The Morgan fingerprint density at radius 1 is 1.44 bits per heavy atom. The largest absolute Gasteiger partial charge is 0.325 e. The second-order valence-electron chi connectivity index (χ2n) is 3.30. The second kappa shape index (κ2) is 4.22. The molecule has 0 aliphatic carbocycles. The predicted molar refractivity (Wildman–Crippen MR) is 70.7 cm³/mol. The quantitative estimate of drug-likeness (QED) is 0.741. The fourth-order valence-corrected chi connectivity index (χ4v) is 2.92. The van der Waals surface area contributed by atoms with Gasteiger partial charge < -0.3 is 5.73 Å². The highest BCUT2D eigenvalue weighted by atomic mass is 35.5. The lowest BCUT2D eigenvalue weighted by Crippen LogP contribution is -1.95. The lowest BCUT2D eigenvalue weighted by atomic mass is 10.3. The lowest BCUT2D eigenvalue weighted by Gasteiger charge is -1.91. The molecule has 84 valence electrons. The predicted octanol–water partition coefficient (Wildman–Crippen LogP) is 3.08. The first-order valence-corrected chi connectivity index (χ1v) is 5.73. The van der Waals surface area contributed by atoms with Crippen LogP contribution < -0.4 is 5.73 Å². The van der Waals surface area contributed by atoms with Crippen LogP contribution in [0.4, 0.5) is 0 Å². The van der Waals surface area contributed by atoms with Crippen LogP contribution in [0.15, 0.2) is 24.4 Å². The maximum absolute atomic E-state index is 5.93. The van der Waals surface area contributed by atoms with E-state index in [4.69, 9.17) is 17.3 Å². The number of imidazole rings is 1. The van der Waals surface area contributed by atoms with Gasteiger partial charge >= 0.3 is 0 Å². The normalized spacial score (nSPS) is 10.9. The molecule has 1 aromatic carbocycles. The topological polar surface area (TPSA) is 43.3 Å². The van der Waals surface area contributed by atoms with Crippen LogP contribution in [0.3, 0.4) is 0 Å². The first-order valence-electron chi connectivity index (χ1n) is 4.54. The molecule has 0 unspecified atom stereocenters. The Morgan fingerprint density at radius 2 is 2.25 bits per heavy atom. The third-order valence-electron chi connectivity index (χ3n) is 2.32. The maximum Gasteiger partial charge on any atom is 0.194 e.